The van der Waals surface area contributed by atoms with Crippen LogP contribution in [0, 0.1) is 5.41 Å². The van der Waals surface area contributed by atoms with Crippen molar-refractivity contribution in [1.82, 2.24) is 0 Å². The molecule has 2 aromatic rings. The Morgan fingerprint density at radius 1 is 0.952 bits per heavy atom. The van der Waals surface area contributed by atoms with E-state index in [0.29, 0.717) is 16.9 Å². The molecule has 0 amide bonds. The molecule has 0 fully saturated rings. The molecule has 2 aromatic carbocycles. The standard InChI is InChI=1S/C18H16O3/c1-18(12-21-13-7-3-2-4-8-13)11-16(19)14-9-5-6-10-15(14)17(18)20/h2-10H,11-12H2,1H3. The monoisotopic (exact) mass is 280 g/mol. The molecule has 3 rings (SSSR count). The number of hydrogen-bond donors (Lipinski definition) is 0. The van der Waals surface area contributed by atoms with Gasteiger partial charge in [0, 0.05) is 17.5 Å². The molecule has 0 heterocycles. The van der Waals surface area contributed by atoms with Gasteiger partial charge in [-0.1, -0.05) is 42.5 Å². The van der Waals surface area contributed by atoms with Crippen LogP contribution in [-0.2, 0) is 0 Å². The van der Waals surface area contributed by atoms with Crippen LogP contribution in [0.2, 0.25) is 0 Å². The highest BCUT2D eigenvalue weighted by molar-refractivity contribution is 6.16. The van der Waals surface area contributed by atoms with Gasteiger partial charge in [0.15, 0.2) is 11.6 Å². The summed E-state index contributed by atoms with van der Waals surface area (Å²) in [6.45, 7) is 2.00. The molecule has 1 atom stereocenters. The number of Topliss-reactive ketones (excluding diaryl/α,β-unsaturated/α-hetero) is 2. The van der Waals surface area contributed by atoms with Gasteiger partial charge in [-0.15, -0.1) is 0 Å². The molecule has 1 aliphatic rings. The van der Waals surface area contributed by atoms with Gasteiger partial charge in [-0.3, -0.25) is 9.59 Å². The molecule has 21 heavy (non-hydrogen) atoms. The molecular formula is C18H16O3. The quantitative estimate of drug-likeness (QED) is 0.863. The number of para-hydroxylation sites is 1. The Balaban J connectivity index is 1.85. The summed E-state index contributed by atoms with van der Waals surface area (Å²) in [5.41, 5.74) is 0.231. The summed E-state index contributed by atoms with van der Waals surface area (Å²) in [6, 6.07) is 16.3. The zero-order chi connectivity index (χ0) is 14.9. The van der Waals surface area contributed by atoms with E-state index in [1.165, 1.54) is 0 Å². The van der Waals surface area contributed by atoms with Gasteiger partial charge < -0.3 is 4.74 Å². The van der Waals surface area contributed by atoms with Crippen LogP contribution in [0.15, 0.2) is 54.6 Å². The first-order chi connectivity index (χ1) is 10.1. The maximum absolute atomic E-state index is 12.7. The molecule has 1 aliphatic carbocycles. The molecule has 3 nitrogen and oxygen atoms in total. The Morgan fingerprint density at radius 2 is 1.57 bits per heavy atom. The predicted molar refractivity (Wildman–Crippen MR) is 79.8 cm³/mol. The van der Waals surface area contributed by atoms with Gasteiger partial charge in [0.05, 0.1) is 5.41 Å². The number of ketones is 2. The average Bonchev–Trinajstić information content (AvgIpc) is 2.52. The predicted octanol–water partition coefficient (Wildman–Crippen LogP) is 3.54. The van der Waals surface area contributed by atoms with Crippen molar-refractivity contribution in [3.63, 3.8) is 0 Å². The summed E-state index contributed by atoms with van der Waals surface area (Å²) in [5, 5.41) is 0. The number of carbonyl (C=O) groups is 2. The van der Waals surface area contributed by atoms with E-state index in [9.17, 15) is 9.59 Å². The van der Waals surface area contributed by atoms with Crippen molar-refractivity contribution in [2.45, 2.75) is 13.3 Å². The second-order valence-corrected chi connectivity index (χ2v) is 5.64. The molecule has 0 spiro atoms. The average molecular weight is 280 g/mol. The van der Waals surface area contributed by atoms with E-state index in [2.05, 4.69) is 0 Å². The fourth-order valence-corrected chi connectivity index (χ4v) is 2.66. The molecule has 0 aliphatic heterocycles. The van der Waals surface area contributed by atoms with Crippen molar-refractivity contribution >= 4 is 11.6 Å². The number of benzene rings is 2. The smallest absolute Gasteiger partial charge is 0.173 e. The number of fused-ring (bicyclic) bond motifs is 1. The van der Waals surface area contributed by atoms with Crippen LogP contribution < -0.4 is 4.74 Å². The summed E-state index contributed by atoms with van der Waals surface area (Å²) in [6.07, 6.45) is 0.190. The minimum Gasteiger partial charge on any atom is -0.493 e. The third kappa shape index (κ3) is 2.47. The van der Waals surface area contributed by atoms with Gasteiger partial charge in [0.25, 0.3) is 0 Å². The fraction of sp³-hybridized carbons (Fsp3) is 0.222. The van der Waals surface area contributed by atoms with Crippen LogP contribution >= 0.6 is 0 Å². The Kier molecular flexibility index (Phi) is 3.34. The van der Waals surface area contributed by atoms with Crippen LogP contribution in [0.25, 0.3) is 0 Å². The molecule has 1 unspecified atom stereocenters. The lowest BCUT2D eigenvalue weighted by atomic mass is 9.72. The zero-order valence-electron chi connectivity index (χ0n) is 11.8. The van der Waals surface area contributed by atoms with Gasteiger partial charge in [0.2, 0.25) is 0 Å². The van der Waals surface area contributed by atoms with E-state index in [1.54, 1.807) is 31.2 Å². The zero-order valence-corrected chi connectivity index (χ0v) is 11.8. The van der Waals surface area contributed by atoms with E-state index < -0.39 is 5.41 Å². The third-order valence-corrected chi connectivity index (χ3v) is 3.87. The summed E-state index contributed by atoms with van der Waals surface area (Å²) in [5.74, 6) is 0.691. The normalized spacial score (nSPS) is 21.0. The largest absolute Gasteiger partial charge is 0.493 e. The number of carbonyl (C=O) groups excluding carboxylic acids is 2. The first-order valence-corrected chi connectivity index (χ1v) is 6.95. The maximum Gasteiger partial charge on any atom is 0.173 e. The van der Waals surface area contributed by atoms with Crippen LogP contribution in [0.3, 0.4) is 0 Å². The molecule has 0 bridgehead atoms. The van der Waals surface area contributed by atoms with Crippen molar-refractivity contribution in [3.05, 3.63) is 65.7 Å². The first-order valence-electron chi connectivity index (χ1n) is 6.95. The van der Waals surface area contributed by atoms with E-state index in [4.69, 9.17) is 4.74 Å². The fourth-order valence-electron chi connectivity index (χ4n) is 2.66. The topological polar surface area (TPSA) is 43.4 Å². The lowest BCUT2D eigenvalue weighted by Gasteiger charge is -2.32. The first kappa shape index (κ1) is 13.6. The van der Waals surface area contributed by atoms with Crippen LogP contribution in [0.5, 0.6) is 5.75 Å². The van der Waals surface area contributed by atoms with Gasteiger partial charge >= 0.3 is 0 Å². The third-order valence-electron chi connectivity index (χ3n) is 3.87. The molecule has 3 heteroatoms. The van der Waals surface area contributed by atoms with Gasteiger partial charge in [-0.2, -0.15) is 0 Å². The van der Waals surface area contributed by atoms with Crippen LogP contribution in [0.1, 0.15) is 34.1 Å². The number of ether oxygens (including phenoxy) is 1. The Morgan fingerprint density at radius 3 is 2.29 bits per heavy atom. The molecule has 0 aromatic heterocycles. The highest BCUT2D eigenvalue weighted by Gasteiger charge is 2.42. The van der Waals surface area contributed by atoms with E-state index in [0.717, 1.165) is 0 Å². The summed E-state index contributed by atoms with van der Waals surface area (Å²) < 4.78 is 5.71. The molecule has 0 N–H and O–H groups in total. The minimum atomic E-state index is -0.804. The maximum atomic E-state index is 12.7. The second kappa shape index (κ2) is 5.17. The molecule has 106 valence electrons. The molecule has 0 radical (unpaired) electrons. The van der Waals surface area contributed by atoms with Crippen LogP contribution in [0.4, 0.5) is 0 Å². The lowest BCUT2D eigenvalue weighted by Crippen LogP contribution is -2.41. The minimum absolute atomic E-state index is 0.00404. The Labute approximate surface area is 123 Å². The van der Waals surface area contributed by atoms with Crippen molar-refractivity contribution in [1.29, 1.82) is 0 Å². The Hall–Kier alpha value is -2.42. The van der Waals surface area contributed by atoms with Crippen molar-refractivity contribution in [3.8, 4) is 5.75 Å². The van der Waals surface area contributed by atoms with E-state index >= 15 is 0 Å². The highest BCUT2D eigenvalue weighted by Crippen LogP contribution is 2.35. The van der Waals surface area contributed by atoms with Crippen molar-refractivity contribution in [2.75, 3.05) is 6.61 Å². The van der Waals surface area contributed by atoms with Crippen LogP contribution in [-0.4, -0.2) is 18.2 Å². The summed E-state index contributed by atoms with van der Waals surface area (Å²) in [4.78, 5) is 24.9. The van der Waals surface area contributed by atoms with Gasteiger partial charge in [-0.25, -0.2) is 0 Å². The van der Waals surface area contributed by atoms with Gasteiger partial charge in [0.1, 0.15) is 12.4 Å². The lowest BCUT2D eigenvalue weighted by molar-refractivity contribution is 0.0614. The highest BCUT2D eigenvalue weighted by atomic mass is 16.5. The summed E-state index contributed by atoms with van der Waals surface area (Å²) in [7, 11) is 0. The molecule has 0 saturated carbocycles. The Bertz CT molecular complexity index is 691. The van der Waals surface area contributed by atoms with Gasteiger partial charge in [-0.05, 0) is 19.1 Å². The second-order valence-electron chi connectivity index (χ2n) is 5.64. The number of rotatable bonds is 3. The molecular weight excluding hydrogens is 264 g/mol. The van der Waals surface area contributed by atoms with Crippen molar-refractivity contribution < 1.29 is 14.3 Å². The van der Waals surface area contributed by atoms with Crippen molar-refractivity contribution in [2.24, 2.45) is 5.41 Å². The number of hydrogen-bond acceptors (Lipinski definition) is 3. The van der Waals surface area contributed by atoms with E-state index in [-0.39, 0.29) is 24.6 Å². The molecule has 0 saturated heterocycles. The van der Waals surface area contributed by atoms with E-state index in [1.807, 2.05) is 30.3 Å². The SMILES string of the molecule is CC1(COc2ccccc2)CC(=O)c2ccccc2C1=O. The summed E-state index contributed by atoms with van der Waals surface area (Å²) >= 11 is 0.